The van der Waals surface area contributed by atoms with Crippen LogP contribution in [0.5, 0.6) is 0 Å². The zero-order chi connectivity index (χ0) is 25.1. The molecule has 0 saturated carbocycles. The summed E-state index contributed by atoms with van der Waals surface area (Å²) in [6.07, 6.45) is -1.81. The SMILES string of the molecule is O=C(O)CC(NC(=O)OCC1c2ccccc2-c2ccccc21)C(=O)Nc1cc(F)c(Br)cc1F. The van der Waals surface area contributed by atoms with Gasteiger partial charge in [-0.2, -0.15) is 0 Å². The van der Waals surface area contributed by atoms with Gasteiger partial charge in [-0.3, -0.25) is 9.59 Å². The molecular weight excluding hydrogens is 526 g/mol. The molecule has 3 N–H and O–H groups in total. The molecule has 3 aromatic rings. The van der Waals surface area contributed by atoms with Crippen LogP contribution in [0.2, 0.25) is 0 Å². The van der Waals surface area contributed by atoms with Crippen LogP contribution in [0.15, 0.2) is 65.1 Å². The molecule has 1 aliphatic rings. The van der Waals surface area contributed by atoms with Crippen LogP contribution in [0.25, 0.3) is 11.1 Å². The van der Waals surface area contributed by atoms with Crippen molar-refractivity contribution in [1.82, 2.24) is 5.32 Å². The van der Waals surface area contributed by atoms with Crippen LogP contribution in [0.3, 0.4) is 0 Å². The number of fused-ring (bicyclic) bond motifs is 3. The third-order valence-corrected chi connectivity index (χ3v) is 6.21. The summed E-state index contributed by atoms with van der Waals surface area (Å²) in [5, 5.41) is 13.5. The monoisotopic (exact) mass is 544 g/mol. The lowest BCUT2D eigenvalue weighted by Crippen LogP contribution is -2.45. The number of hydrogen-bond donors (Lipinski definition) is 3. The lowest BCUT2D eigenvalue weighted by atomic mass is 9.98. The Kier molecular flexibility index (Phi) is 7.11. The summed E-state index contributed by atoms with van der Waals surface area (Å²) in [6, 6.07) is 15.4. The molecule has 2 amide bonds. The first-order chi connectivity index (χ1) is 16.7. The predicted octanol–water partition coefficient (Wildman–Crippen LogP) is 5.05. The number of hydrogen-bond acceptors (Lipinski definition) is 4. The van der Waals surface area contributed by atoms with Gasteiger partial charge in [-0.25, -0.2) is 13.6 Å². The summed E-state index contributed by atoms with van der Waals surface area (Å²) in [7, 11) is 0. The molecule has 0 radical (unpaired) electrons. The lowest BCUT2D eigenvalue weighted by Gasteiger charge is -2.19. The van der Waals surface area contributed by atoms with Gasteiger partial charge in [0.15, 0.2) is 0 Å². The van der Waals surface area contributed by atoms with Crippen molar-refractivity contribution >= 4 is 39.6 Å². The number of rotatable bonds is 7. The molecule has 0 aliphatic heterocycles. The minimum atomic E-state index is -1.59. The predicted molar refractivity (Wildman–Crippen MR) is 127 cm³/mol. The highest BCUT2D eigenvalue weighted by atomic mass is 79.9. The molecule has 0 spiro atoms. The zero-order valence-corrected chi connectivity index (χ0v) is 19.6. The Bertz CT molecular complexity index is 1270. The highest BCUT2D eigenvalue weighted by Gasteiger charge is 2.30. The van der Waals surface area contributed by atoms with Gasteiger partial charge in [-0.1, -0.05) is 48.5 Å². The number of aliphatic carboxylic acids is 1. The van der Waals surface area contributed by atoms with Crippen LogP contribution in [-0.2, 0) is 14.3 Å². The van der Waals surface area contributed by atoms with Crippen molar-refractivity contribution in [2.45, 2.75) is 18.4 Å². The molecule has 0 bridgehead atoms. The molecule has 0 heterocycles. The first-order valence-corrected chi connectivity index (χ1v) is 11.3. The summed E-state index contributed by atoms with van der Waals surface area (Å²) >= 11 is 2.83. The Morgan fingerprint density at radius 3 is 2.17 bits per heavy atom. The van der Waals surface area contributed by atoms with Gasteiger partial charge in [0, 0.05) is 12.0 Å². The normalized spacial score (nSPS) is 12.9. The molecule has 0 fully saturated rings. The summed E-state index contributed by atoms with van der Waals surface area (Å²) in [4.78, 5) is 36.3. The van der Waals surface area contributed by atoms with Crippen LogP contribution in [0, 0.1) is 11.6 Å². The second-order valence-corrected chi connectivity index (χ2v) is 8.71. The maximum absolute atomic E-state index is 14.1. The quantitative estimate of drug-likeness (QED) is 0.361. The Balaban J connectivity index is 1.45. The Morgan fingerprint density at radius 2 is 1.57 bits per heavy atom. The Hall–Kier alpha value is -3.79. The average molecular weight is 545 g/mol. The number of carbonyl (C=O) groups excluding carboxylic acids is 2. The number of nitrogens with one attached hydrogen (secondary N) is 2. The van der Waals surface area contributed by atoms with Crippen LogP contribution in [0.1, 0.15) is 23.5 Å². The van der Waals surface area contributed by atoms with E-state index in [9.17, 15) is 23.2 Å². The summed E-state index contributed by atoms with van der Waals surface area (Å²) in [5.74, 6) is -4.43. The molecule has 1 atom stereocenters. The summed E-state index contributed by atoms with van der Waals surface area (Å²) in [5.41, 5.74) is 3.52. The van der Waals surface area contributed by atoms with Gasteiger partial charge in [-0.05, 0) is 44.3 Å². The largest absolute Gasteiger partial charge is 0.481 e. The highest BCUT2D eigenvalue weighted by molar-refractivity contribution is 9.10. The van der Waals surface area contributed by atoms with Crippen LogP contribution < -0.4 is 10.6 Å². The Labute approximate surface area is 207 Å². The molecule has 7 nitrogen and oxygen atoms in total. The van der Waals surface area contributed by atoms with Gasteiger partial charge in [-0.15, -0.1) is 0 Å². The minimum absolute atomic E-state index is 0.0478. The second-order valence-electron chi connectivity index (χ2n) is 7.86. The van der Waals surface area contributed by atoms with Crippen LogP contribution in [-0.4, -0.2) is 35.7 Å². The van der Waals surface area contributed by atoms with E-state index in [-0.39, 0.29) is 17.0 Å². The fraction of sp³-hybridized carbons (Fsp3) is 0.160. The van der Waals surface area contributed by atoms with Crippen LogP contribution in [0.4, 0.5) is 19.3 Å². The van der Waals surface area contributed by atoms with Gasteiger partial charge in [0.1, 0.15) is 24.3 Å². The summed E-state index contributed by atoms with van der Waals surface area (Å²) < 4.78 is 33.0. The number of carbonyl (C=O) groups is 3. The van der Waals surface area contributed by atoms with E-state index < -0.39 is 47.8 Å². The maximum atomic E-state index is 14.1. The first-order valence-electron chi connectivity index (χ1n) is 10.5. The number of carboxylic acids is 1. The van der Waals surface area contributed by atoms with E-state index >= 15 is 0 Å². The van der Waals surface area contributed by atoms with Crippen LogP contribution >= 0.6 is 15.9 Å². The van der Waals surface area contributed by atoms with Gasteiger partial charge in [0.05, 0.1) is 16.6 Å². The molecule has 1 unspecified atom stereocenters. The molecule has 1 aliphatic carbocycles. The number of anilines is 1. The number of benzene rings is 3. The zero-order valence-electron chi connectivity index (χ0n) is 18.1. The van der Waals surface area contributed by atoms with E-state index in [1.54, 1.807) is 0 Å². The number of halogens is 3. The maximum Gasteiger partial charge on any atom is 0.407 e. The van der Waals surface area contributed by atoms with Gasteiger partial charge in [0.2, 0.25) is 5.91 Å². The molecule has 10 heteroatoms. The van der Waals surface area contributed by atoms with Crippen molar-refractivity contribution in [3.8, 4) is 11.1 Å². The van der Waals surface area contributed by atoms with Crippen molar-refractivity contribution in [3.63, 3.8) is 0 Å². The second kappa shape index (κ2) is 10.2. The number of carboxylic acid groups (broad SMARTS) is 1. The number of amides is 2. The van der Waals surface area contributed by atoms with E-state index in [4.69, 9.17) is 9.84 Å². The fourth-order valence-corrected chi connectivity index (χ4v) is 4.32. The van der Waals surface area contributed by atoms with Gasteiger partial charge < -0.3 is 20.5 Å². The Morgan fingerprint density at radius 1 is 0.971 bits per heavy atom. The summed E-state index contributed by atoms with van der Waals surface area (Å²) in [6.45, 7) is -0.0478. The smallest absolute Gasteiger partial charge is 0.407 e. The molecule has 3 aromatic carbocycles. The van der Waals surface area contributed by atoms with E-state index in [0.717, 1.165) is 34.4 Å². The van der Waals surface area contributed by atoms with Crippen molar-refractivity contribution in [3.05, 3.63) is 87.9 Å². The molecule has 0 aromatic heterocycles. The van der Waals surface area contributed by atoms with E-state index in [2.05, 4.69) is 26.6 Å². The van der Waals surface area contributed by atoms with E-state index in [1.807, 2.05) is 48.5 Å². The standard InChI is InChI=1S/C25H19BrF2N2O5/c26-18-9-20(28)21(10-19(18)27)29-24(33)22(11-23(31)32)30-25(34)35-12-17-15-7-3-1-5-13(15)14-6-2-4-8-16(14)17/h1-10,17,22H,11-12H2,(H,29,33)(H,30,34)(H,31,32). The molecule has 180 valence electrons. The number of alkyl carbamates (subject to hydrolysis) is 1. The third kappa shape index (κ3) is 5.32. The van der Waals surface area contributed by atoms with Crippen molar-refractivity contribution in [1.29, 1.82) is 0 Å². The fourth-order valence-electron chi connectivity index (χ4n) is 4.00. The van der Waals surface area contributed by atoms with Crippen molar-refractivity contribution < 1.29 is 33.0 Å². The molecule has 4 rings (SSSR count). The molecule has 0 saturated heterocycles. The van der Waals surface area contributed by atoms with E-state index in [1.165, 1.54) is 0 Å². The number of ether oxygens (including phenoxy) is 1. The van der Waals surface area contributed by atoms with Crippen molar-refractivity contribution in [2.24, 2.45) is 0 Å². The first kappa shape index (κ1) is 24.3. The molecular formula is C25H19BrF2N2O5. The lowest BCUT2D eigenvalue weighted by molar-refractivity contribution is -0.139. The third-order valence-electron chi connectivity index (χ3n) is 5.60. The van der Waals surface area contributed by atoms with Crippen molar-refractivity contribution in [2.75, 3.05) is 11.9 Å². The topological polar surface area (TPSA) is 105 Å². The average Bonchev–Trinajstić information content (AvgIpc) is 3.14. The minimum Gasteiger partial charge on any atom is -0.481 e. The van der Waals surface area contributed by atoms with Gasteiger partial charge >= 0.3 is 12.1 Å². The van der Waals surface area contributed by atoms with Gasteiger partial charge in [0.25, 0.3) is 0 Å². The highest BCUT2D eigenvalue weighted by Crippen LogP contribution is 2.44. The van der Waals surface area contributed by atoms with E-state index in [0.29, 0.717) is 0 Å². The molecule has 35 heavy (non-hydrogen) atoms.